The first-order valence-corrected chi connectivity index (χ1v) is 9.97. The summed E-state index contributed by atoms with van der Waals surface area (Å²) in [5.41, 5.74) is 1.29. The molecule has 0 aromatic heterocycles. The van der Waals surface area contributed by atoms with Crippen LogP contribution >= 0.6 is 0 Å². The Hall–Kier alpha value is -3.86. The summed E-state index contributed by atoms with van der Waals surface area (Å²) in [7, 11) is 1.49. The first kappa shape index (κ1) is 21.8. The van der Waals surface area contributed by atoms with Crippen LogP contribution in [0.3, 0.4) is 0 Å². The van der Waals surface area contributed by atoms with Gasteiger partial charge < -0.3 is 14.8 Å². The minimum atomic E-state index is -0.457. The van der Waals surface area contributed by atoms with Crippen LogP contribution in [0.4, 0.5) is 5.69 Å². The number of nitro benzene ring substituents is 1. The van der Waals surface area contributed by atoms with Gasteiger partial charge in [0, 0.05) is 18.2 Å². The molecular weight excluding hydrogens is 398 g/mol. The van der Waals surface area contributed by atoms with Gasteiger partial charge in [-0.1, -0.05) is 31.0 Å². The molecule has 1 aliphatic rings. The topological polar surface area (TPSA) is 114 Å². The van der Waals surface area contributed by atoms with Gasteiger partial charge in [0.15, 0.2) is 11.5 Å². The second-order valence-electron chi connectivity index (χ2n) is 7.25. The minimum absolute atomic E-state index is 0.00605. The van der Waals surface area contributed by atoms with Crippen LogP contribution in [0, 0.1) is 21.4 Å². The van der Waals surface area contributed by atoms with Gasteiger partial charge in [0.2, 0.25) is 0 Å². The summed E-state index contributed by atoms with van der Waals surface area (Å²) < 4.78 is 11.1. The maximum absolute atomic E-state index is 12.4. The number of nitriles is 1. The van der Waals surface area contributed by atoms with E-state index < -0.39 is 4.92 Å². The molecule has 0 bridgehead atoms. The van der Waals surface area contributed by atoms with E-state index in [1.165, 1.54) is 25.3 Å². The van der Waals surface area contributed by atoms with Crippen LogP contribution in [0.1, 0.15) is 36.8 Å². The van der Waals surface area contributed by atoms with Crippen LogP contribution in [-0.4, -0.2) is 24.0 Å². The third-order valence-electron chi connectivity index (χ3n) is 5.07. The van der Waals surface area contributed by atoms with Crippen molar-refractivity contribution in [3.63, 3.8) is 0 Å². The Morgan fingerprint density at radius 1 is 1.26 bits per heavy atom. The lowest BCUT2D eigenvalue weighted by atomic mass is 10.1. The predicted octanol–water partition coefficient (Wildman–Crippen LogP) is 4.15. The lowest BCUT2D eigenvalue weighted by molar-refractivity contribution is -0.384. The fourth-order valence-electron chi connectivity index (χ4n) is 3.46. The van der Waals surface area contributed by atoms with E-state index in [0.29, 0.717) is 22.6 Å². The van der Waals surface area contributed by atoms with Crippen LogP contribution in [0.2, 0.25) is 0 Å². The summed E-state index contributed by atoms with van der Waals surface area (Å²) in [6, 6.07) is 13.3. The number of nitro groups is 1. The van der Waals surface area contributed by atoms with Crippen LogP contribution in [0.25, 0.3) is 6.08 Å². The molecule has 0 atom stereocenters. The smallest absolute Gasteiger partial charge is 0.269 e. The molecule has 0 heterocycles. The number of nitrogens with zero attached hydrogens (tertiary/aromatic N) is 2. The Bertz CT molecular complexity index is 1040. The third kappa shape index (κ3) is 5.82. The molecule has 0 aliphatic heterocycles. The van der Waals surface area contributed by atoms with Crippen LogP contribution in [0.15, 0.2) is 48.0 Å². The molecule has 8 heteroatoms. The second kappa shape index (κ2) is 10.3. The van der Waals surface area contributed by atoms with Crippen molar-refractivity contribution in [2.75, 3.05) is 7.11 Å². The number of nitrogens with one attached hydrogen (secondary N) is 1. The number of methoxy groups -OCH3 is 1. The zero-order valence-corrected chi connectivity index (χ0v) is 17.2. The van der Waals surface area contributed by atoms with Crippen molar-refractivity contribution in [1.29, 1.82) is 5.26 Å². The summed E-state index contributed by atoms with van der Waals surface area (Å²) in [4.78, 5) is 22.8. The zero-order valence-electron chi connectivity index (χ0n) is 17.2. The Labute approximate surface area is 180 Å². The largest absolute Gasteiger partial charge is 0.493 e. The monoisotopic (exact) mass is 421 g/mol. The van der Waals surface area contributed by atoms with Gasteiger partial charge in [-0.2, -0.15) is 5.26 Å². The van der Waals surface area contributed by atoms with Crippen LogP contribution < -0.4 is 14.8 Å². The lowest BCUT2D eigenvalue weighted by Crippen LogP contribution is -2.33. The van der Waals surface area contributed by atoms with Gasteiger partial charge in [0.1, 0.15) is 18.2 Å². The molecule has 1 saturated carbocycles. The average Bonchev–Trinajstić information content (AvgIpc) is 3.29. The summed E-state index contributed by atoms with van der Waals surface area (Å²) in [6.45, 7) is 0.125. The molecule has 3 rings (SSSR count). The van der Waals surface area contributed by atoms with Crippen molar-refractivity contribution < 1.29 is 19.2 Å². The van der Waals surface area contributed by atoms with E-state index in [4.69, 9.17) is 9.47 Å². The molecule has 31 heavy (non-hydrogen) atoms. The van der Waals surface area contributed by atoms with E-state index >= 15 is 0 Å². The maximum atomic E-state index is 12.4. The average molecular weight is 421 g/mol. The molecule has 2 aromatic carbocycles. The molecule has 0 radical (unpaired) electrons. The highest BCUT2D eigenvalue weighted by Gasteiger charge is 2.19. The number of benzene rings is 2. The zero-order chi connectivity index (χ0) is 22.2. The highest BCUT2D eigenvalue weighted by Crippen LogP contribution is 2.30. The SMILES string of the molecule is COc1cc(/C=C(/C#N)C(=O)NC2CCCC2)ccc1OCc1cccc([N+](=O)[O-])c1. The van der Waals surface area contributed by atoms with Crippen molar-refractivity contribution in [3.8, 4) is 17.6 Å². The Kier molecular flexibility index (Phi) is 7.22. The number of ether oxygens (including phenoxy) is 2. The number of amides is 1. The van der Waals surface area contributed by atoms with Gasteiger partial charge in [-0.05, 0) is 42.2 Å². The molecule has 0 saturated heterocycles. The molecule has 2 aromatic rings. The Morgan fingerprint density at radius 3 is 2.71 bits per heavy atom. The fraction of sp³-hybridized carbons (Fsp3) is 0.304. The first-order valence-electron chi connectivity index (χ1n) is 9.97. The molecule has 1 N–H and O–H groups in total. The highest BCUT2D eigenvalue weighted by atomic mass is 16.6. The van der Waals surface area contributed by atoms with E-state index in [9.17, 15) is 20.2 Å². The number of carbonyl (C=O) groups is 1. The van der Waals surface area contributed by atoms with E-state index in [1.54, 1.807) is 30.3 Å². The summed E-state index contributed by atoms with van der Waals surface area (Å²) in [5.74, 6) is 0.493. The van der Waals surface area contributed by atoms with E-state index in [0.717, 1.165) is 25.7 Å². The van der Waals surface area contributed by atoms with Gasteiger partial charge >= 0.3 is 0 Å². The number of hydrogen-bond donors (Lipinski definition) is 1. The van der Waals surface area contributed by atoms with E-state index in [1.807, 2.05) is 6.07 Å². The molecular formula is C23H23N3O5. The molecule has 1 amide bonds. The van der Waals surface area contributed by atoms with Crippen molar-refractivity contribution in [3.05, 3.63) is 69.3 Å². The third-order valence-corrected chi connectivity index (χ3v) is 5.07. The van der Waals surface area contributed by atoms with Crippen LogP contribution in [0.5, 0.6) is 11.5 Å². The molecule has 160 valence electrons. The van der Waals surface area contributed by atoms with Crippen LogP contribution in [-0.2, 0) is 11.4 Å². The maximum Gasteiger partial charge on any atom is 0.269 e. The standard InChI is InChI=1S/C23H23N3O5/c1-30-22-13-16(11-18(14-24)23(27)25-19-6-2-3-7-19)9-10-21(22)31-15-17-5-4-8-20(12-17)26(28)29/h4-5,8-13,19H,2-3,6-7,15H2,1H3,(H,25,27)/b18-11-. The molecule has 0 spiro atoms. The van der Waals surface area contributed by atoms with Gasteiger partial charge in [-0.15, -0.1) is 0 Å². The Balaban J connectivity index is 1.72. The van der Waals surface area contributed by atoms with Crippen molar-refractivity contribution >= 4 is 17.7 Å². The molecule has 1 aliphatic carbocycles. The van der Waals surface area contributed by atoms with Gasteiger partial charge in [0.25, 0.3) is 11.6 Å². The van der Waals surface area contributed by atoms with E-state index in [-0.39, 0.29) is 29.8 Å². The normalized spacial score (nSPS) is 14.0. The number of rotatable bonds is 8. The summed E-state index contributed by atoms with van der Waals surface area (Å²) in [6.07, 6.45) is 5.57. The van der Waals surface area contributed by atoms with Crippen molar-refractivity contribution in [2.45, 2.75) is 38.3 Å². The fourth-order valence-corrected chi connectivity index (χ4v) is 3.46. The minimum Gasteiger partial charge on any atom is -0.493 e. The highest BCUT2D eigenvalue weighted by molar-refractivity contribution is 6.01. The van der Waals surface area contributed by atoms with Crippen molar-refractivity contribution in [1.82, 2.24) is 5.32 Å². The number of hydrogen-bond acceptors (Lipinski definition) is 6. The van der Waals surface area contributed by atoms with Gasteiger partial charge in [0.05, 0.1) is 12.0 Å². The Morgan fingerprint density at radius 2 is 2.03 bits per heavy atom. The quantitative estimate of drug-likeness (QED) is 0.296. The first-order chi connectivity index (χ1) is 15.0. The molecule has 0 unspecified atom stereocenters. The van der Waals surface area contributed by atoms with Gasteiger partial charge in [-0.3, -0.25) is 14.9 Å². The summed E-state index contributed by atoms with van der Waals surface area (Å²) in [5, 5.41) is 23.2. The van der Waals surface area contributed by atoms with E-state index in [2.05, 4.69) is 5.32 Å². The number of non-ortho nitro benzene ring substituents is 1. The predicted molar refractivity (Wildman–Crippen MR) is 114 cm³/mol. The molecule has 1 fully saturated rings. The number of carbonyl (C=O) groups excluding carboxylic acids is 1. The van der Waals surface area contributed by atoms with Gasteiger partial charge in [-0.25, -0.2) is 0 Å². The second-order valence-corrected chi connectivity index (χ2v) is 7.25. The lowest BCUT2D eigenvalue weighted by Gasteiger charge is -2.12. The summed E-state index contributed by atoms with van der Waals surface area (Å²) >= 11 is 0. The molecule has 8 nitrogen and oxygen atoms in total. The van der Waals surface area contributed by atoms with Crippen molar-refractivity contribution in [2.24, 2.45) is 0 Å².